The maximum atomic E-state index is 11.4. The minimum absolute atomic E-state index is 0.141. The summed E-state index contributed by atoms with van der Waals surface area (Å²) in [5.74, 6) is 1.31. The highest BCUT2D eigenvalue weighted by atomic mass is 16.5. The lowest BCUT2D eigenvalue weighted by atomic mass is 10.2. The van der Waals surface area contributed by atoms with Crippen LogP contribution < -0.4 is 20.5 Å². The molecule has 0 aliphatic rings. The third kappa shape index (κ3) is 5.05. The summed E-state index contributed by atoms with van der Waals surface area (Å²) in [7, 11) is 3.13. The lowest BCUT2D eigenvalue weighted by Gasteiger charge is -2.11. The van der Waals surface area contributed by atoms with Gasteiger partial charge in [-0.2, -0.15) is 0 Å². The topological polar surface area (TPSA) is 82.8 Å². The fraction of sp³-hybridized carbons (Fsp3) is 0.462. The maximum absolute atomic E-state index is 11.4. The van der Waals surface area contributed by atoms with Crippen molar-refractivity contribution >= 4 is 6.09 Å². The van der Waals surface area contributed by atoms with E-state index in [0.29, 0.717) is 24.6 Å². The van der Waals surface area contributed by atoms with Gasteiger partial charge in [-0.05, 0) is 25.1 Å². The highest BCUT2D eigenvalue weighted by Gasteiger charge is 2.08. The molecule has 1 aromatic rings. The standard InChI is InChI=1S/C13H20N2O4/c1-17-11-5-4-10(12(8-11)18-2)9-19-13(16)15-7-3-6-14/h4-5,8H,3,6-7,9,14H2,1-2H3,(H,15,16). The number of carbonyl (C=O) groups excluding carboxylic acids is 1. The maximum Gasteiger partial charge on any atom is 0.407 e. The summed E-state index contributed by atoms with van der Waals surface area (Å²) in [6, 6.07) is 5.32. The van der Waals surface area contributed by atoms with Gasteiger partial charge in [0.2, 0.25) is 0 Å². The van der Waals surface area contributed by atoms with E-state index >= 15 is 0 Å². The number of carbonyl (C=O) groups is 1. The van der Waals surface area contributed by atoms with E-state index in [1.54, 1.807) is 32.4 Å². The Morgan fingerprint density at radius 2 is 2.11 bits per heavy atom. The highest BCUT2D eigenvalue weighted by molar-refractivity contribution is 5.67. The van der Waals surface area contributed by atoms with E-state index in [0.717, 1.165) is 12.0 Å². The molecule has 0 aliphatic heterocycles. The Bertz CT molecular complexity index is 410. The second-order valence-corrected chi connectivity index (χ2v) is 3.82. The van der Waals surface area contributed by atoms with E-state index in [1.165, 1.54) is 0 Å². The SMILES string of the molecule is COc1ccc(COC(=O)NCCCN)c(OC)c1. The molecular weight excluding hydrogens is 248 g/mol. The summed E-state index contributed by atoms with van der Waals surface area (Å²) in [6.45, 7) is 1.18. The van der Waals surface area contributed by atoms with Crippen molar-refractivity contribution in [2.45, 2.75) is 13.0 Å². The number of nitrogens with two attached hydrogens (primary N) is 1. The Labute approximate surface area is 112 Å². The van der Waals surface area contributed by atoms with Gasteiger partial charge in [-0.15, -0.1) is 0 Å². The molecule has 0 bridgehead atoms. The van der Waals surface area contributed by atoms with Crippen LogP contribution in [0, 0.1) is 0 Å². The van der Waals surface area contributed by atoms with E-state index in [4.69, 9.17) is 19.9 Å². The van der Waals surface area contributed by atoms with Crippen molar-refractivity contribution in [2.75, 3.05) is 27.3 Å². The molecule has 19 heavy (non-hydrogen) atoms. The first kappa shape index (κ1) is 15.1. The van der Waals surface area contributed by atoms with Gasteiger partial charge in [0.1, 0.15) is 18.1 Å². The molecule has 6 heteroatoms. The number of rotatable bonds is 7. The number of ether oxygens (including phenoxy) is 3. The van der Waals surface area contributed by atoms with E-state index in [2.05, 4.69) is 5.32 Å². The third-order valence-electron chi connectivity index (χ3n) is 2.50. The lowest BCUT2D eigenvalue weighted by molar-refractivity contribution is 0.138. The van der Waals surface area contributed by atoms with Gasteiger partial charge in [-0.1, -0.05) is 0 Å². The summed E-state index contributed by atoms with van der Waals surface area (Å²) in [5.41, 5.74) is 6.10. The van der Waals surface area contributed by atoms with Crippen molar-refractivity contribution < 1.29 is 19.0 Å². The zero-order chi connectivity index (χ0) is 14.1. The Morgan fingerprint density at radius 1 is 1.32 bits per heavy atom. The molecule has 1 rings (SSSR count). The second-order valence-electron chi connectivity index (χ2n) is 3.82. The van der Waals surface area contributed by atoms with Crippen LogP contribution >= 0.6 is 0 Å². The van der Waals surface area contributed by atoms with Crippen LogP contribution in [0.4, 0.5) is 4.79 Å². The molecule has 1 aromatic carbocycles. The molecule has 0 radical (unpaired) electrons. The Kier molecular flexibility index (Phi) is 6.52. The highest BCUT2D eigenvalue weighted by Crippen LogP contribution is 2.25. The zero-order valence-corrected chi connectivity index (χ0v) is 11.3. The fourth-order valence-corrected chi connectivity index (χ4v) is 1.46. The number of alkyl carbamates (subject to hydrolysis) is 1. The molecular formula is C13H20N2O4. The Morgan fingerprint density at radius 3 is 2.74 bits per heavy atom. The number of nitrogens with one attached hydrogen (secondary N) is 1. The van der Waals surface area contributed by atoms with E-state index in [1.807, 2.05) is 0 Å². The van der Waals surface area contributed by atoms with Crippen molar-refractivity contribution in [1.29, 1.82) is 0 Å². The van der Waals surface area contributed by atoms with Crippen molar-refractivity contribution in [3.63, 3.8) is 0 Å². The molecule has 0 saturated carbocycles. The second kappa shape index (κ2) is 8.20. The molecule has 106 valence electrons. The fourth-order valence-electron chi connectivity index (χ4n) is 1.46. The van der Waals surface area contributed by atoms with Crippen LogP contribution in [0.5, 0.6) is 11.5 Å². The molecule has 1 amide bonds. The van der Waals surface area contributed by atoms with Gasteiger partial charge in [0, 0.05) is 18.2 Å². The number of hydrogen-bond acceptors (Lipinski definition) is 5. The summed E-state index contributed by atoms with van der Waals surface area (Å²) in [4.78, 5) is 11.4. The molecule has 0 atom stereocenters. The van der Waals surface area contributed by atoms with E-state index < -0.39 is 6.09 Å². The number of hydrogen-bond donors (Lipinski definition) is 2. The minimum atomic E-state index is -0.466. The Balaban J connectivity index is 2.50. The van der Waals surface area contributed by atoms with Gasteiger partial charge in [-0.25, -0.2) is 4.79 Å². The third-order valence-corrected chi connectivity index (χ3v) is 2.50. The van der Waals surface area contributed by atoms with E-state index in [-0.39, 0.29) is 6.61 Å². The smallest absolute Gasteiger partial charge is 0.407 e. The van der Waals surface area contributed by atoms with Crippen molar-refractivity contribution in [3.8, 4) is 11.5 Å². The predicted molar refractivity (Wildman–Crippen MR) is 71.4 cm³/mol. The summed E-state index contributed by atoms with van der Waals surface area (Å²) >= 11 is 0. The van der Waals surface area contributed by atoms with Crippen LogP contribution in [0.15, 0.2) is 18.2 Å². The number of amides is 1. The quantitative estimate of drug-likeness (QED) is 0.728. The van der Waals surface area contributed by atoms with Gasteiger partial charge < -0.3 is 25.3 Å². The number of methoxy groups -OCH3 is 2. The number of benzene rings is 1. The predicted octanol–water partition coefficient (Wildman–Crippen LogP) is 1.28. The largest absolute Gasteiger partial charge is 0.497 e. The molecule has 0 aromatic heterocycles. The van der Waals surface area contributed by atoms with Gasteiger partial charge in [0.15, 0.2) is 0 Å². The summed E-state index contributed by atoms with van der Waals surface area (Å²) in [5, 5.41) is 2.61. The van der Waals surface area contributed by atoms with Crippen molar-refractivity contribution in [3.05, 3.63) is 23.8 Å². The van der Waals surface area contributed by atoms with Crippen molar-refractivity contribution in [1.82, 2.24) is 5.32 Å². The van der Waals surface area contributed by atoms with Crippen LogP contribution in [0.1, 0.15) is 12.0 Å². The first-order valence-electron chi connectivity index (χ1n) is 6.03. The molecule has 0 aliphatic carbocycles. The molecule has 0 fully saturated rings. The van der Waals surface area contributed by atoms with Gasteiger partial charge in [0.05, 0.1) is 14.2 Å². The van der Waals surface area contributed by atoms with Crippen molar-refractivity contribution in [2.24, 2.45) is 5.73 Å². The van der Waals surface area contributed by atoms with Gasteiger partial charge >= 0.3 is 6.09 Å². The van der Waals surface area contributed by atoms with E-state index in [9.17, 15) is 4.79 Å². The molecule has 0 spiro atoms. The Hall–Kier alpha value is -1.95. The first-order chi connectivity index (χ1) is 9.21. The van der Waals surface area contributed by atoms with Crippen LogP contribution in [-0.4, -0.2) is 33.4 Å². The average Bonchev–Trinajstić information content (AvgIpc) is 2.45. The molecule has 0 heterocycles. The average molecular weight is 268 g/mol. The molecule has 0 unspecified atom stereocenters. The zero-order valence-electron chi connectivity index (χ0n) is 11.3. The normalized spacial score (nSPS) is 9.84. The first-order valence-corrected chi connectivity index (χ1v) is 6.03. The molecule has 0 saturated heterocycles. The summed E-state index contributed by atoms with van der Waals surface area (Å²) < 4.78 is 15.4. The van der Waals surface area contributed by atoms with Crippen LogP contribution in [0.3, 0.4) is 0 Å². The minimum Gasteiger partial charge on any atom is -0.497 e. The van der Waals surface area contributed by atoms with Crippen LogP contribution in [-0.2, 0) is 11.3 Å². The monoisotopic (exact) mass is 268 g/mol. The summed E-state index contributed by atoms with van der Waals surface area (Å²) in [6.07, 6.45) is 0.257. The van der Waals surface area contributed by atoms with Crippen LogP contribution in [0.2, 0.25) is 0 Å². The van der Waals surface area contributed by atoms with Crippen LogP contribution in [0.25, 0.3) is 0 Å². The molecule has 6 nitrogen and oxygen atoms in total. The lowest BCUT2D eigenvalue weighted by Crippen LogP contribution is -2.26. The van der Waals surface area contributed by atoms with Gasteiger partial charge in [-0.3, -0.25) is 0 Å². The van der Waals surface area contributed by atoms with Gasteiger partial charge in [0.25, 0.3) is 0 Å². The molecule has 3 N–H and O–H groups in total.